The molecule has 2 nitrogen and oxygen atoms in total. The average Bonchev–Trinajstić information content (AvgIpc) is 1.96. The van der Waals surface area contributed by atoms with Gasteiger partial charge in [-0.2, -0.15) is 0 Å². The van der Waals surface area contributed by atoms with Crippen LogP contribution in [0.25, 0.3) is 0 Å². The molecule has 12 heavy (non-hydrogen) atoms. The van der Waals surface area contributed by atoms with Gasteiger partial charge in [0.15, 0.2) is 6.29 Å². The van der Waals surface area contributed by atoms with Gasteiger partial charge in [0.25, 0.3) is 0 Å². The number of hydrogen-bond acceptors (Lipinski definition) is 2. The molecule has 0 N–H and O–H groups in total. The molecule has 0 amide bonds. The molecule has 0 spiro atoms. The molecular weight excluding hydrogens is 199 g/mol. The highest BCUT2D eigenvalue weighted by molar-refractivity contribution is 6.20. The van der Waals surface area contributed by atoms with Crippen molar-refractivity contribution in [2.75, 3.05) is 13.2 Å². The first-order valence-electron chi connectivity index (χ1n) is 4.03. The van der Waals surface area contributed by atoms with E-state index in [0.29, 0.717) is 13.2 Å². The standard InChI is InChI=1S/C8H16Cl2O2/c1-6(9)4-11-8(3)12-5-7(2)10/h6-8H,4-5H2,1-3H3. The second-order valence-corrected chi connectivity index (χ2v) is 4.29. The third-order valence-electron chi connectivity index (χ3n) is 1.12. The molecule has 0 fully saturated rings. The Morgan fingerprint density at radius 3 is 1.50 bits per heavy atom. The van der Waals surface area contributed by atoms with E-state index in [-0.39, 0.29) is 17.0 Å². The van der Waals surface area contributed by atoms with E-state index >= 15 is 0 Å². The zero-order chi connectivity index (χ0) is 9.56. The second kappa shape index (κ2) is 6.96. The quantitative estimate of drug-likeness (QED) is 0.500. The summed E-state index contributed by atoms with van der Waals surface area (Å²) in [5.41, 5.74) is 0. The normalized spacial score (nSPS) is 18.8. The zero-order valence-corrected chi connectivity index (χ0v) is 9.23. The van der Waals surface area contributed by atoms with Crippen molar-refractivity contribution in [3.8, 4) is 0 Å². The summed E-state index contributed by atoms with van der Waals surface area (Å²) in [6.45, 7) is 6.58. The molecule has 2 atom stereocenters. The van der Waals surface area contributed by atoms with Gasteiger partial charge in [0.05, 0.1) is 24.0 Å². The van der Waals surface area contributed by atoms with Crippen molar-refractivity contribution in [2.24, 2.45) is 0 Å². The monoisotopic (exact) mass is 214 g/mol. The smallest absolute Gasteiger partial charge is 0.154 e. The predicted octanol–water partition coefficient (Wildman–Crippen LogP) is 2.62. The van der Waals surface area contributed by atoms with Crippen LogP contribution in [0.5, 0.6) is 0 Å². The number of rotatable bonds is 6. The van der Waals surface area contributed by atoms with Gasteiger partial charge >= 0.3 is 0 Å². The molecule has 0 aromatic carbocycles. The zero-order valence-electron chi connectivity index (χ0n) is 7.72. The second-order valence-electron chi connectivity index (χ2n) is 2.80. The molecule has 0 aromatic rings. The lowest BCUT2D eigenvalue weighted by atomic mass is 10.5. The number of hydrogen-bond donors (Lipinski definition) is 0. The van der Waals surface area contributed by atoms with E-state index in [1.165, 1.54) is 0 Å². The summed E-state index contributed by atoms with van der Waals surface area (Å²) in [5.74, 6) is 0. The average molecular weight is 215 g/mol. The van der Waals surface area contributed by atoms with Crippen molar-refractivity contribution in [1.82, 2.24) is 0 Å². The maximum atomic E-state index is 5.68. The molecule has 0 bridgehead atoms. The fourth-order valence-corrected chi connectivity index (χ4v) is 0.730. The lowest BCUT2D eigenvalue weighted by Crippen LogP contribution is -2.20. The Hall–Kier alpha value is 0.500. The van der Waals surface area contributed by atoms with Crippen molar-refractivity contribution in [2.45, 2.75) is 37.8 Å². The lowest BCUT2D eigenvalue weighted by Gasteiger charge is -2.15. The summed E-state index contributed by atoms with van der Waals surface area (Å²) in [7, 11) is 0. The van der Waals surface area contributed by atoms with Crippen LogP contribution in [0.1, 0.15) is 20.8 Å². The Kier molecular flexibility index (Phi) is 7.25. The largest absolute Gasteiger partial charge is 0.351 e. The number of ether oxygens (including phenoxy) is 2. The van der Waals surface area contributed by atoms with E-state index in [9.17, 15) is 0 Å². The first-order valence-corrected chi connectivity index (χ1v) is 4.91. The van der Waals surface area contributed by atoms with Gasteiger partial charge in [-0.25, -0.2) is 0 Å². The van der Waals surface area contributed by atoms with Crippen molar-refractivity contribution >= 4 is 23.2 Å². The molecule has 4 heteroatoms. The highest BCUT2D eigenvalue weighted by Crippen LogP contribution is 2.02. The van der Waals surface area contributed by atoms with Crippen LogP contribution >= 0.6 is 23.2 Å². The van der Waals surface area contributed by atoms with Crippen LogP contribution in [0.4, 0.5) is 0 Å². The molecule has 0 radical (unpaired) electrons. The first-order chi connectivity index (χ1) is 5.52. The molecule has 0 aliphatic rings. The van der Waals surface area contributed by atoms with E-state index in [0.717, 1.165) is 0 Å². The summed E-state index contributed by atoms with van der Waals surface area (Å²) >= 11 is 11.4. The highest BCUT2D eigenvalue weighted by atomic mass is 35.5. The van der Waals surface area contributed by atoms with Gasteiger partial charge in [-0.05, 0) is 20.8 Å². The minimum absolute atomic E-state index is 0.0180. The lowest BCUT2D eigenvalue weighted by molar-refractivity contribution is -0.128. The van der Waals surface area contributed by atoms with Gasteiger partial charge in [0.2, 0.25) is 0 Å². The molecule has 0 aliphatic carbocycles. The Labute approximate surface area is 84.1 Å². The van der Waals surface area contributed by atoms with Crippen LogP contribution in [-0.4, -0.2) is 30.3 Å². The summed E-state index contributed by atoms with van der Waals surface area (Å²) in [4.78, 5) is 0. The van der Waals surface area contributed by atoms with Gasteiger partial charge < -0.3 is 9.47 Å². The molecule has 0 rings (SSSR count). The van der Waals surface area contributed by atoms with Gasteiger partial charge in [-0.3, -0.25) is 0 Å². The first kappa shape index (κ1) is 12.5. The molecule has 0 aromatic heterocycles. The van der Waals surface area contributed by atoms with E-state index < -0.39 is 0 Å². The topological polar surface area (TPSA) is 18.5 Å². The third kappa shape index (κ3) is 8.60. The van der Waals surface area contributed by atoms with Gasteiger partial charge in [0.1, 0.15) is 0 Å². The Balaban J connectivity index is 3.27. The molecule has 0 heterocycles. The van der Waals surface area contributed by atoms with E-state index in [1.807, 2.05) is 20.8 Å². The van der Waals surface area contributed by atoms with Gasteiger partial charge in [-0.15, -0.1) is 23.2 Å². The van der Waals surface area contributed by atoms with Crippen LogP contribution in [0.3, 0.4) is 0 Å². The molecular formula is C8H16Cl2O2. The summed E-state index contributed by atoms with van der Waals surface area (Å²) < 4.78 is 10.5. The number of alkyl halides is 2. The number of halogens is 2. The minimum atomic E-state index is -0.229. The van der Waals surface area contributed by atoms with Crippen LogP contribution in [0, 0.1) is 0 Å². The predicted molar refractivity (Wildman–Crippen MR) is 52.0 cm³/mol. The summed E-state index contributed by atoms with van der Waals surface area (Å²) in [6, 6.07) is 0. The Morgan fingerprint density at radius 1 is 0.917 bits per heavy atom. The molecule has 74 valence electrons. The summed E-state index contributed by atoms with van der Waals surface area (Å²) in [5, 5.41) is 0.0361. The highest BCUT2D eigenvalue weighted by Gasteiger charge is 2.05. The van der Waals surface area contributed by atoms with Crippen molar-refractivity contribution in [1.29, 1.82) is 0 Å². The van der Waals surface area contributed by atoms with Crippen LogP contribution in [-0.2, 0) is 9.47 Å². The minimum Gasteiger partial charge on any atom is -0.351 e. The van der Waals surface area contributed by atoms with Crippen molar-refractivity contribution in [3.63, 3.8) is 0 Å². The molecule has 0 saturated heterocycles. The van der Waals surface area contributed by atoms with Crippen molar-refractivity contribution in [3.05, 3.63) is 0 Å². The van der Waals surface area contributed by atoms with E-state index in [1.54, 1.807) is 0 Å². The maximum Gasteiger partial charge on any atom is 0.154 e. The van der Waals surface area contributed by atoms with Crippen LogP contribution in [0.2, 0.25) is 0 Å². The summed E-state index contributed by atoms with van der Waals surface area (Å²) in [6.07, 6.45) is -0.229. The van der Waals surface area contributed by atoms with E-state index in [2.05, 4.69) is 0 Å². The van der Waals surface area contributed by atoms with Crippen LogP contribution < -0.4 is 0 Å². The fraction of sp³-hybridized carbons (Fsp3) is 1.00. The van der Waals surface area contributed by atoms with E-state index in [4.69, 9.17) is 32.7 Å². The molecule has 0 aliphatic heterocycles. The fourth-order valence-electron chi connectivity index (χ4n) is 0.584. The van der Waals surface area contributed by atoms with Gasteiger partial charge in [-0.1, -0.05) is 0 Å². The third-order valence-corrected chi connectivity index (χ3v) is 1.37. The maximum absolute atomic E-state index is 5.68. The molecule has 2 unspecified atom stereocenters. The SMILES string of the molecule is CC(Cl)COC(C)OCC(C)Cl. The van der Waals surface area contributed by atoms with Crippen LogP contribution in [0.15, 0.2) is 0 Å². The Morgan fingerprint density at radius 2 is 1.25 bits per heavy atom. The van der Waals surface area contributed by atoms with Gasteiger partial charge in [0, 0.05) is 0 Å². The Bertz CT molecular complexity index is 95.2. The molecule has 0 saturated carbocycles. The van der Waals surface area contributed by atoms with Crippen molar-refractivity contribution < 1.29 is 9.47 Å².